The summed E-state index contributed by atoms with van der Waals surface area (Å²) in [6.07, 6.45) is 2.21. The summed E-state index contributed by atoms with van der Waals surface area (Å²) in [7, 11) is 0. The summed E-state index contributed by atoms with van der Waals surface area (Å²) < 4.78 is 7.41. The van der Waals surface area contributed by atoms with E-state index in [0.29, 0.717) is 19.5 Å². The summed E-state index contributed by atoms with van der Waals surface area (Å²) in [5.41, 5.74) is 0.297. The van der Waals surface area contributed by atoms with Gasteiger partial charge in [0.2, 0.25) is 5.91 Å². The minimum absolute atomic E-state index is 0.150. The van der Waals surface area contributed by atoms with Gasteiger partial charge >= 0.3 is 6.09 Å². The minimum Gasteiger partial charge on any atom is -0.444 e. The zero-order valence-corrected chi connectivity index (χ0v) is 14.5. The lowest BCUT2D eigenvalue weighted by Crippen LogP contribution is -2.59. The van der Waals surface area contributed by atoms with Crippen LogP contribution in [0.5, 0.6) is 0 Å². The van der Waals surface area contributed by atoms with Gasteiger partial charge in [-0.2, -0.15) is 0 Å². The number of rotatable bonds is 3. The molecule has 8 heteroatoms. The van der Waals surface area contributed by atoms with Crippen LogP contribution in [-0.2, 0) is 22.6 Å². The van der Waals surface area contributed by atoms with Crippen LogP contribution in [0.25, 0.3) is 0 Å². The van der Waals surface area contributed by atoms with E-state index in [-0.39, 0.29) is 5.91 Å². The number of amides is 2. The molecule has 1 aromatic rings. The van der Waals surface area contributed by atoms with Crippen molar-refractivity contribution in [3.8, 4) is 0 Å². The van der Waals surface area contributed by atoms with Crippen molar-refractivity contribution in [2.75, 3.05) is 12.3 Å². The fraction of sp³-hybridized carbons (Fsp3) is 0.667. The topological polar surface area (TPSA) is 76.5 Å². The average molecular weight is 338 g/mol. The van der Waals surface area contributed by atoms with Crippen molar-refractivity contribution in [3.05, 3.63) is 11.9 Å². The fourth-order valence-corrected chi connectivity index (χ4v) is 3.50. The van der Waals surface area contributed by atoms with E-state index >= 15 is 0 Å². The molecule has 1 fully saturated rings. The molecule has 1 N–H and O–H groups in total. The molecule has 0 saturated carbocycles. The van der Waals surface area contributed by atoms with Crippen molar-refractivity contribution in [1.82, 2.24) is 19.8 Å². The van der Waals surface area contributed by atoms with Gasteiger partial charge in [0.25, 0.3) is 0 Å². The Kier molecular flexibility index (Phi) is 4.27. The highest BCUT2D eigenvalue weighted by atomic mass is 32.2. The number of carbonyl (C=O) groups is 2. The molecule has 0 unspecified atom stereocenters. The summed E-state index contributed by atoms with van der Waals surface area (Å²) in [5, 5.41) is 3.87. The van der Waals surface area contributed by atoms with Crippen LogP contribution in [-0.4, -0.2) is 50.4 Å². The molecule has 3 rings (SSSR count). The molecule has 2 aliphatic heterocycles. The SMILES string of the molecule is CC(C)(C)OC(=O)N1CC[C@@H]1C(=O)NCc1cn2c(n1)SCC2. The lowest BCUT2D eigenvalue weighted by atomic mass is 10.0. The Labute approximate surface area is 139 Å². The summed E-state index contributed by atoms with van der Waals surface area (Å²) in [4.78, 5) is 30.2. The molecular formula is C15H22N4O3S. The van der Waals surface area contributed by atoms with Crippen molar-refractivity contribution in [3.63, 3.8) is 0 Å². The largest absolute Gasteiger partial charge is 0.444 e. The van der Waals surface area contributed by atoms with Crippen molar-refractivity contribution < 1.29 is 14.3 Å². The summed E-state index contributed by atoms with van der Waals surface area (Å²) in [6.45, 7) is 7.36. The molecular weight excluding hydrogens is 316 g/mol. The molecule has 1 saturated heterocycles. The highest BCUT2D eigenvalue weighted by Gasteiger charge is 2.39. The second-order valence-electron chi connectivity index (χ2n) is 6.75. The van der Waals surface area contributed by atoms with Gasteiger partial charge in [0.05, 0.1) is 12.2 Å². The molecule has 0 aliphatic carbocycles. The third kappa shape index (κ3) is 3.63. The third-order valence-electron chi connectivity index (χ3n) is 3.75. The predicted molar refractivity (Wildman–Crippen MR) is 86.1 cm³/mol. The van der Waals surface area contributed by atoms with Crippen LogP contribution in [0.1, 0.15) is 32.9 Å². The van der Waals surface area contributed by atoms with E-state index in [1.807, 2.05) is 27.0 Å². The molecule has 2 amide bonds. The van der Waals surface area contributed by atoms with Crippen molar-refractivity contribution in [1.29, 1.82) is 0 Å². The Bertz CT molecular complexity index is 601. The van der Waals surface area contributed by atoms with E-state index in [1.165, 1.54) is 4.90 Å². The Morgan fingerprint density at radius 3 is 2.83 bits per heavy atom. The Balaban J connectivity index is 1.51. The zero-order valence-electron chi connectivity index (χ0n) is 13.7. The number of imidazole rings is 1. The third-order valence-corrected chi connectivity index (χ3v) is 4.72. The Morgan fingerprint density at radius 2 is 2.22 bits per heavy atom. The molecule has 23 heavy (non-hydrogen) atoms. The summed E-state index contributed by atoms with van der Waals surface area (Å²) in [5.74, 6) is 0.907. The van der Waals surface area contributed by atoms with E-state index < -0.39 is 17.7 Å². The lowest BCUT2D eigenvalue weighted by molar-refractivity contribution is -0.130. The Hall–Kier alpha value is -1.70. The molecule has 2 aliphatic rings. The maximum atomic E-state index is 12.3. The van der Waals surface area contributed by atoms with Crippen LogP contribution >= 0.6 is 11.8 Å². The van der Waals surface area contributed by atoms with Crippen LogP contribution in [0.2, 0.25) is 0 Å². The van der Waals surface area contributed by atoms with E-state index in [1.54, 1.807) is 11.8 Å². The van der Waals surface area contributed by atoms with Crippen molar-refractivity contribution >= 4 is 23.8 Å². The van der Waals surface area contributed by atoms with E-state index in [9.17, 15) is 9.59 Å². The maximum Gasteiger partial charge on any atom is 0.410 e. The van der Waals surface area contributed by atoms with Gasteiger partial charge in [-0.05, 0) is 27.2 Å². The summed E-state index contributed by atoms with van der Waals surface area (Å²) in [6, 6.07) is -0.436. The van der Waals surface area contributed by atoms with Crippen molar-refractivity contribution in [2.45, 2.75) is 57.1 Å². The van der Waals surface area contributed by atoms with Gasteiger partial charge in [-0.1, -0.05) is 11.8 Å². The molecule has 0 aromatic carbocycles. The van der Waals surface area contributed by atoms with Crippen LogP contribution < -0.4 is 5.32 Å². The van der Waals surface area contributed by atoms with Gasteiger partial charge in [0.15, 0.2) is 5.16 Å². The average Bonchev–Trinajstić information content (AvgIpc) is 2.92. The smallest absolute Gasteiger partial charge is 0.410 e. The van der Waals surface area contributed by atoms with Crippen LogP contribution in [0, 0.1) is 0 Å². The van der Waals surface area contributed by atoms with E-state index in [2.05, 4.69) is 14.9 Å². The highest BCUT2D eigenvalue weighted by molar-refractivity contribution is 7.99. The first-order valence-electron chi connectivity index (χ1n) is 7.80. The standard InChI is InChI=1S/C15H22N4O3S/c1-15(2,3)22-14(21)19-5-4-11(19)12(20)16-8-10-9-18-6-7-23-13(18)17-10/h9,11H,4-8H2,1-3H3,(H,16,20)/t11-/m1/s1. The van der Waals surface area contributed by atoms with Gasteiger partial charge in [0.1, 0.15) is 11.6 Å². The number of ether oxygens (including phenoxy) is 1. The zero-order chi connectivity index (χ0) is 16.6. The number of likely N-dealkylation sites (tertiary alicyclic amines) is 1. The fourth-order valence-electron chi connectivity index (χ4n) is 2.54. The van der Waals surface area contributed by atoms with Crippen LogP contribution in [0.3, 0.4) is 0 Å². The lowest BCUT2D eigenvalue weighted by Gasteiger charge is -2.40. The van der Waals surface area contributed by atoms with Crippen LogP contribution in [0.4, 0.5) is 4.79 Å². The first-order valence-corrected chi connectivity index (χ1v) is 8.78. The number of fused-ring (bicyclic) bond motifs is 1. The van der Waals surface area contributed by atoms with Crippen LogP contribution in [0.15, 0.2) is 11.4 Å². The molecule has 7 nitrogen and oxygen atoms in total. The molecule has 3 heterocycles. The minimum atomic E-state index is -0.553. The number of nitrogens with zero attached hydrogens (tertiary/aromatic N) is 3. The second-order valence-corrected chi connectivity index (χ2v) is 7.81. The number of aryl methyl sites for hydroxylation is 1. The molecule has 1 aromatic heterocycles. The Morgan fingerprint density at radius 1 is 1.43 bits per heavy atom. The van der Waals surface area contributed by atoms with Gasteiger partial charge < -0.3 is 14.6 Å². The first-order chi connectivity index (χ1) is 10.8. The quantitative estimate of drug-likeness (QED) is 0.906. The summed E-state index contributed by atoms with van der Waals surface area (Å²) >= 11 is 1.72. The molecule has 1 atom stereocenters. The first kappa shape index (κ1) is 16.2. The van der Waals surface area contributed by atoms with E-state index in [4.69, 9.17) is 4.74 Å². The normalized spacial score (nSPS) is 20.0. The monoisotopic (exact) mass is 338 g/mol. The van der Waals surface area contributed by atoms with Gasteiger partial charge in [0, 0.05) is 25.0 Å². The van der Waals surface area contributed by atoms with Crippen molar-refractivity contribution in [2.24, 2.45) is 0 Å². The van der Waals surface area contributed by atoms with Gasteiger partial charge in [-0.3, -0.25) is 9.69 Å². The number of hydrogen-bond acceptors (Lipinski definition) is 5. The van der Waals surface area contributed by atoms with E-state index in [0.717, 1.165) is 23.1 Å². The number of hydrogen-bond donors (Lipinski definition) is 1. The molecule has 126 valence electrons. The molecule has 0 radical (unpaired) electrons. The molecule has 0 spiro atoms. The van der Waals surface area contributed by atoms with Gasteiger partial charge in [-0.15, -0.1) is 0 Å². The highest BCUT2D eigenvalue weighted by Crippen LogP contribution is 2.25. The maximum absolute atomic E-state index is 12.3. The van der Waals surface area contributed by atoms with Gasteiger partial charge in [-0.25, -0.2) is 9.78 Å². The number of carbonyl (C=O) groups excluding carboxylic acids is 2. The second kappa shape index (κ2) is 6.07. The number of aromatic nitrogens is 2. The number of nitrogens with one attached hydrogen (secondary N) is 1. The number of thioether (sulfide) groups is 1. The predicted octanol–water partition coefficient (Wildman–Crippen LogP) is 1.61. The molecule has 0 bridgehead atoms.